The summed E-state index contributed by atoms with van der Waals surface area (Å²) in [5, 5.41) is 6.50. The van der Waals surface area contributed by atoms with Crippen LogP contribution in [0.3, 0.4) is 0 Å². The van der Waals surface area contributed by atoms with Crippen molar-refractivity contribution in [3.8, 4) is 0 Å². The summed E-state index contributed by atoms with van der Waals surface area (Å²) in [5.41, 5.74) is 0. The summed E-state index contributed by atoms with van der Waals surface area (Å²) >= 11 is 0. The molecular weight excluding hydrogens is 403 g/mol. The van der Waals surface area contributed by atoms with Crippen LogP contribution in [0, 0.1) is 5.92 Å². The van der Waals surface area contributed by atoms with E-state index in [1.165, 1.54) is 6.26 Å². The molecule has 1 rings (SSSR count). The number of hydrogen-bond acceptors (Lipinski definition) is 3. The van der Waals surface area contributed by atoms with E-state index in [2.05, 4.69) is 22.5 Å². The number of piperidine rings is 1. The van der Waals surface area contributed by atoms with E-state index in [1.807, 2.05) is 6.92 Å². The molecule has 0 aromatic carbocycles. The second-order valence-electron chi connectivity index (χ2n) is 5.25. The van der Waals surface area contributed by atoms with Crippen molar-refractivity contribution in [1.29, 1.82) is 0 Å². The molecule has 0 saturated carbocycles. The molecule has 0 aromatic rings. The van der Waals surface area contributed by atoms with Crippen molar-refractivity contribution >= 4 is 40.0 Å². The van der Waals surface area contributed by atoms with Crippen LogP contribution < -0.4 is 10.6 Å². The number of nitrogens with zero attached hydrogens (tertiary/aromatic N) is 2. The molecular formula is C13H29IN4O2S. The molecule has 0 bridgehead atoms. The molecule has 0 atom stereocenters. The van der Waals surface area contributed by atoms with Gasteiger partial charge in [0.15, 0.2) is 5.96 Å². The first-order chi connectivity index (χ1) is 9.47. The first kappa shape index (κ1) is 20.9. The monoisotopic (exact) mass is 432 g/mol. The third kappa shape index (κ3) is 8.20. The molecule has 0 unspecified atom stereocenters. The second-order valence-corrected chi connectivity index (χ2v) is 7.23. The lowest BCUT2D eigenvalue weighted by molar-refractivity contribution is 0.280. The minimum atomic E-state index is -3.03. The summed E-state index contributed by atoms with van der Waals surface area (Å²) in [4.78, 5) is 4.59. The third-order valence-corrected chi connectivity index (χ3v) is 4.74. The van der Waals surface area contributed by atoms with Crippen LogP contribution in [-0.4, -0.2) is 57.7 Å². The normalized spacial score (nSPS) is 18.1. The summed E-state index contributed by atoms with van der Waals surface area (Å²) in [6.45, 7) is 7.94. The Morgan fingerprint density at radius 3 is 2.33 bits per heavy atom. The number of aliphatic imine (C=N–C) groups is 1. The van der Waals surface area contributed by atoms with Crippen molar-refractivity contribution in [3.05, 3.63) is 0 Å². The van der Waals surface area contributed by atoms with Gasteiger partial charge >= 0.3 is 0 Å². The van der Waals surface area contributed by atoms with Crippen molar-refractivity contribution in [2.45, 2.75) is 33.1 Å². The molecule has 1 aliphatic heterocycles. The largest absolute Gasteiger partial charge is 0.357 e. The Morgan fingerprint density at radius 2 is 1.86 bits per heavy atom. The molecule has 6 nitrogen and oxygen atoms in total. The minimum absolute atomic E-state index is 0. The number of rotatable bonds is 6. The molecule has 0 spiro atoms. The Morgan fingerprint density at radius 1 is 1.24 bits per heavy atom. The molecule has 126 valence electrons. The standard InChI is InChI=1S/C13H28N4O2S.HI/c1-4-8-15-13(14-5-2)16-11-12-6-9-17(10-7-12)20(3,18)19;/h12H,4-11H2,1-3H3,(H2,14,15,16);1H. The average molecular weight is 432 g/mol. The van der Waals surface area contributed by atoms with Crippen molar-refractivity contribution in [3.63, 3.8) is 0 Å². The van der Waals surface area contributed by atoms with Crippen LogP contribution in [0.2, 0.25) is 0 Å². The number of hydrogen-bond donors (Lipinski definition) is 2. The Hall–Kier alpha value is -0.0900. The summed E-state index contributed by atoms with van der Waals surface area (Å²) in [7, 11) is -3.03. The van der Waals surface area contributed by atoms with Gasteiger partial charge in [-0.1, -0.05) is 6.92 Å². The smallest absolute Gasteiger partial charge is 0.211 e. The Bertz CT molecular complexity index is 406. The lowest BCUT2D eigenvalue weighted by Gasteiger charge is -2.29. The molecule has 0 radical (unpaired) electrons. The molecule has 21 heavy (non-hydrogen) atoms. The Kier molecular flexibility index (Phi) is 10.6. The molecule has 2 N–H and O–H groups in total. The van der Waals surface area contributed by atoms with Gasteiger partial charge in [0.2, 0.25) is 10.0 Å². The lowest BCUT2D eigenvalue weighted by Crippen LogP contribution is -2.40. The third-order valence-electron chi connectivity index (χ3n) is 3.44. The van der Waals surface area contributed by atoms with Crippen LogP contribution in [0.4, 0.5) is 0 Å². The van der Waals surface area contributed by atoms with Crippen molar-refractivity contribution in [1.82, 2.24) is 14.9 Å². The Labute approximate surface area is 146 Å². The van der Waals surface area contributed by atoms with E-state index < -0.39 is 10.0 Å². The highest BCUT2D eigenvalue weighted by Crippen LogP contribution is 2.19. The van der Waals surface area contributed by atoms with Crippen LogP contribution in [0.25, 0.3) is 0 Å². The summed E-state index contributed by atoms with van der Waals surface area (Å²) in [5.74, 6) is 1.34. The average Bonchev–Trinajstić information content (AvgIpc) is 2.41. The fourth-order valence-corrected chi connectivity index (χ4v) is 3.10. The zero-order chi connectivity index (χ0) is 15.0. The summed E-state index contributed by atoms with van der Waals surface area (Å²) in [6, 6.07) is 0. The molecule has 0 amide bonds. The van der Waals surface area contributed by atoms with Crippen LogP contribution >= 0.6 is 24.0 Å². The number of guanidine groups is 1. The van der Waals surface area contributed by atoms with Gasteiger partial charge in [-0.3, -0.25) is 4.99 Å². The maximum absolute atomic E-state index is 11.4. The number of sulfonamides is 1. The van der Waals surface area contributed by atoms with E-state index in [4.69, 9.17) is 0 Å². The van der Waals surface area contributed by atoms with E-state index in [9.17, 15) is 8.42 Å². The topological polar surface area (TPSA) is 73.8 Å². The predicted octanol–water partition coefficient (Wildman–Crippen LogP) is 1.24. The maximum Gasteiger partial charge on any atom is 0.211 e. The summed E-state index contributed by atoms with van der Waals surface area (Å²) in [6.07, 6.45) is 4.13. The van der Waals surface area contributed by atoms with Gasteiger partial charge < -0.3 is 10.6 Å². The van der Waals surface area contributed by atoms with Crippen LogP contribution in [0.5, 0.6) is 0 Å². The molecule has 1 aliphatic rings. The first-order valence-corrected chi connectivity index (χ1v) is 9.29. The van der Waals surface area contributed by atoms with E-state index in [0.717, 1.165) is 44.9 Å². The lowest BCUT2D eigenvalue weighted by atomic mass is 9.98. The molecule has 1 saturated heterocycles. The molecule has 1 heterocycles. The molecule has 0 aliphatic carbocycles. The highest BCUT2D eigenvalue weighted by molar-refractivity contribution is 14.0. The minimum Gasteiger partial charge on any atom is -0.357 e. The van der Waals surface area contributed by atoms with Gasteiger partial charge in [0.1, 0.15) is 0 Å². The van der Waals surface area contributed by atoms with Crippen LogP contribution in [-0.2, 0) is 10.0 Å². The first-order valence-electron chi connectivity index (χ1n) is 7.44. The van der Waals surface area contributed by atoms with Gasteiger partial charge in [-0.05, 0) is 32.1 Å². The van der Waals surface area contributed by atoms with E-state index in [1.54, 1.807) is 4.31 Å². The number of nitrogens with one attached hydrogen (secondary N) is 2. The zero-order valence-electron chi connectivity index (χ0n) is 13.3. The van der Waals surface area contributed by atoms with Crippen molar-refractivity contribution in [2.75, 3.05) is 39.0 Å². The SMILES string of the molecule is CCCNC(=NCC1CCN(S(C)(=O)=O)CC1)NCC.I. The zero-order valence-corrected chi connectivity index (χ0v) is 16.4. The van der Waals surface area contributed by atoms with Gasteiger partial charge in [0, 0.05) is 32.7 Å². The van der Waals surface area contributed by atoms with Gasteiger partial charge in [0.05, 0.1) is 6.26 Å². The fraction of sp³-hybridized carbons (Fsp3) is 0.923. The highest BCUT2D eigenvalue weighted by atomic mass is 127. The molecule has 1 fully saturated rings. The van der Waals surface area contributed by atoms with Gasteiger partial charge in [-0.2, -0.15) is 0 Å². The van der Waals surface area contributed by atoms with Crippen molar-refractivity contribution in [2.24, 2.45) is 10.9 Å². The number of halogens is 1. The fourth-order valence-electron chi connectivity index (χ4n) is 2.23. The van der Waals surface area contributed by atoms with Crippen LogP contribution in [0.1, 0.15) is 33.1 Å². The van der Waals surface area contributed by atoms with Crippen LogP contribution in [0.15, 0.2) is 4.99 Å². The Balaban J connectivity index is 0.00000400. The van der Waals surface area contributed by atoms with E-state index >= 15 is 0 Å². The second kappa shape index (κ2) is 10.6. The van der Waals surface area contributed by atoms with Gasteiger partial charge in [-0.25, -0.2) is 12.7 Å². The van der Waals surface area contributed by atoms with E-state index in [0.29, 0.717) is 19.0 Å². The molecule has 0 aromatic heterocycles. The quantitative estimate of drug-likeness (QED) is 0.377. The summed E-state index contributed by atoms with van der Waals surface area (Å²) < 4.78 is 24.4. The van der Waals surface area contributed by atoms with Gasteiger partial charge in [-0.15, -0.1) is 24.0 Å². The maximum atomic E-state index is 11.4. The molecule has 8 heteroatoms. The van der Waals surface area contributed by atoms with Gasteiger partial charge in [0.25, 0.3) is 0 Å². The van der Waals surface area contributed by atoms with Crippen molar-refractivity contribution < 1.29 is 8.42 Å². The predicted molar refractivity (Wildman–Crippen MR) is 98.8 cm³/mol. The van der Waals surface area contributed by atoms with E-state index in [-0.39, 0.29) is 24.0 Å². The highest BCUT2D eigenvalue weighted by Gasteiger charge is 2.24.